The second-order valence-corrected chi connectivity index (χ2v) is 2.39. The molecule has 0 radical (unpaired) electrons. The van der Waals surface area contributed by atoms with Crippen molar-refractivity contribution >= 4 is 0 Å². The molecule has 0 fully saturated rings. The SMILES string of the molecule is COc1cc(C#N)cc(OC(F)F)c1. The van der Waals surface area contributed by atoms with E-state index < -0.39 is 6.61 Å². The summed E-state index contributed by atoms with van der Waals surface area (Å²) in [6.45, 7) is -2.91. The molecule has 0 saturated carbocycles. The summed E-state index contributed by atoms with van der Waals surface area (Å²) in [5.74, 6) is 0.218. The van der Waals surface area contributed by atoms with Gasteiger partial charge in [-0.25, -0.2) is 0 Å². The fourth-order valence-electron chi connectivity index (χ4n) is 0.925. The Morgan fingerprint density at radius 3 is 2.43 bits per heavy atom. The Hall–Kier alpha value is -1.83. The molecule has 1 rings (SSSR count). The van der Waals surface area contributed by atoms with Gasteiger partial charge in [-0.3, -0.25) is 0 Å². The molecule has 1 aromatic carbocycles. The molecule has 5 heteroatoms. The number of nitriles is 1. The third kappa shape index (κ3) is 2.59. The highest BCUT2D eigenvalue weighted by molar-refractivity contribution is 5.43. The van der Waals surface area contributed by atoms with E-state index in [9.17, 15) is 8.78 Å². The Bertz CT molecular complexity index is 360. The number of hydrogen-bond donors (Lipinski definition) is 0. The third-order valence-corrected chi connectivity index (χ3v) is 1.47. The van der Waals surface area contributed by atoms with Gasteiger partial charge in [0, 0.05) is 6.07 Å². The summed E-state index contributed by atoms with van der Waals surface area (Å²) in [5, 5.41) is 8.57. The molecule has 0 aliphatic rings. The largest absolute Gasteiger partial charge is 0.497 e. The fourth-order valence-corrected chi connectivity index (χ4v) is 0.925. The van der Waals surface area contributed by atoms with Crippen molar-refractivity contribution in [3.05, 3.63) is 23.8 Å². The summed E-state index contributed by atoms with van der Waals surface area (Å²) < 4.78 is 32.6. The molecule has 0 saturated heterocycles. The van der Waals surface area contributed by atoms with E-state index in [1.807, 2.05) is 6.07 Å². The zero-order valence-electron chi connectivity index (χ0n) is 7.33. The summed E-state index contributed by atoms with van der Waals surface area (Å²) in [6, 6.07) is 5.74. The normalized spacial score (nSPS) is 9.64. The van der Waals surface area contributed by atoms with Gasteiger partial charge in [0.25, 0.3) is 0 Å². The number of halogens is 2. The predicted molar refractivity (Wildman–Crippen MR) is 44.3 cm³/mol. The molecular formula is C9H7F2NO2. The molecule has 0 bridgehead atoms. The highest BCUT2D eigenvalue weighted by Gasteiger charge is 2.07. The summed E-state index contributed by atoms with van der Waals surface area (Å²) in [4.78, 5) is 0. The summed E-state index contributed by atoms with van der Waals surface area (Å²) >= 11 is 0. The highest BCUT2D eigenvalue weighted by atomic mass is 19.3. The average Bonchev–Trinajstić information content (AvgIpc) is 2.16. The quantitative estimate of drug-likeness (QED) is 0.749. The first-order chi connectivity index (χ1) is 6.65. The summed E-state index contributed by atoms with van der Waals surface area (Å²) in [6.07, 6.45) is 0. The van der Waals surface area contributed by atoms with Crippen LogP contribution < -0.4 is 9.47 Å². The zero-order valence-corrected chi connectivity index (χ0v) is 7.33. The minimum atomic E-state index is -2.91. The van der Waals surface area contributed by atoms with Gasteiger partial charge in [0.05, 0.1) is 18.7 Å². The topological polar surface area (TPSA) is 42.2 Å². The van der Waals surface area contributed by atoms with Gasteiger partial charge in [-0.05, 0) is 12.1 Å². The van der Waals surface area contributed by atoms with E-state index in [-0.39, 0.29) is 11.3 Å². The number of hydrogen-bond acceptors (Lipinski definition) is 3. The van der Waals surface area contributed by atoms with Gasteiger partial charge in [-0.15, -0.1) is 0 Å². The van der Waals surface area contributed by atoms with Gasteiger partial charge < -0.3 is 9.47 Å². The number of alkyl halides is 2. The van der Waals surface area contributed by atoms with Gasteiger partial charge in [-0.1, -0.05) is 0 Å². The van der Waals surface area contributed by atoms with Crippen LogP contribution in [0, 0.1) is 11.3 Å². The molecule has 0 heterocycles. The molecule has 14 heavy (non-hydrogen) atoms. The first-order valence-corrected chi connectivity index (χ1v) is 3.69. The molecule has 0 aromatic heterocycles. The van der Waals surface area contributed by atoms with Crippen molar-refractivity contribution in [1.29, 1.82) is 5.26 Å². The van der Waals surface area contributed by atoms with Crippen molar-refractivity contribution in [2.45, 2.75) is 6.61 Å². The molecular weight excluding hydrogens is 192 g/mol. The lowest BCUT2D eigenvalue weighted by molar-refractivity contribution is -0.0499. The van der Waals surface area contributed by atoms with E-state index >= 15 is 0 Å². The van der Waals surface area contributed by atoms with Crippen molar-refractivity contribution in [1.82, 2.24) is 0 Å². The first kappa shape index (κ1) is 10.3. The van der Waals surface area contributed by atoms with Crippen LogP contribution >= 0.6 is 0 Å². The van der Waals surface area contributed by atoms with Crippen molar-refractivity contribution < 1.29 is 18.3 Å². The number of benzene rings is 1. The predicted octanol–water partition coefficient (Wildman–Crippen LogP) is 2.17. The van der Waals surface area contributed by atoms with Crippen LogP contribution in [0.3, 0.4) is 0 Å². The molecule has 0 unspecified atom stereocenters. The maximum Gasteiger partial charge on any atom is 0.387 e. The smallest absolute Gasteiger partial charge is 0.387 e. The van der Waals surface area contributed by atoms with Crippen LogP contribution in [0.5, 0.6) is 11.5 Å². The van der Waals surface area contributed by atoms with Crippen LogP contribution in [0.15, 0.2) is 18.2 Å². The number of nitrogens with zero attached hydrogens (tertiary/aromatic N) is 1. The molecule has 0 spiro atoms. The van der Waals surface area contributed by atoms with E-state index in [0.29, 0.717) is 5.75 Å². The molecule has 74 valence electrons. The van der Waals surface area contributed by atoms with E-state index in [2.05, 4.69) is 4.74 Å². The second kappa shape index (κ2) is 4.42. The molecule has 0 aliphatic heterocycles. The van der Waals surface area contributed by atoms with Crippen LogP contribution in [0.1, 0.15) is 5.56 Å². The van der Waals surface area contributed by atoms with Crippen molar-refractivity contribution in [3.63, 3.8) is 0 Å². The summed E-state index contributed by atoms with van der Waals surface area (Å²) in [5.41, 5.74) is 0.208. The van der Waals surface area contributed by atoms with Crippen molar-refractivity contribution in [3.8, 4) is 17.6 Å². The Kier molecular flexibility index (Phi) is 3.24. The minimum Gasteiger partial charge on any atom is -0.497 e. The molecule has 0 N–H and O–H groups in total. The maximum atomic E-state index is 11.8. The fraction of sp³-hybridized carbons (Fsp3) is 0.222. The minimum absolute atomic E-state index is 0.0871. The summed E-state index contributed by atoms with van der Waals surface area (Å²) in [7, 11) is 1.38. The Morgan fingerprint density at radius 1 is 1.29 bits per heavy atom. The standard InChI is InChI=1S/C9H7F2NO2/c1-13-7-2-6(5-12)3-8(4-7)14-9(10)11/h2-4,9H,1H3. The maximum absolute atomic E-state index is 11.8. The Morgan fingerprint density at radius 2 is 1.93 bits per heavy atom. The zero-order chi connectivity index (χ0) is 10.6. The highest BCUT2D eigenvalue weighted by Crippen LogP contribution is 2.23. The van der Waals surface area contributed by atoms with Crippen molar-refractivity contribution in [2.24, 2.45) is 0 Å². The van der Waals surface area contributed by atoms with Crippen LogP contribution in [-0.2, 0) is 0 Å². The van der Waals surface area contributed by atoms with E-state index in [1.165, 1.54) is 25.3 Å². The van der Waals surface area contributed by atoms with Crippen molar-refractivity contribution in [2.75, 3.05) is 7.11 Å². The number of rotatable bonds is 3. The lowest BCUT2D eigenvalue weighted by Crippen LogP contribution is -2.02. The molecule has 0 aliphatic carbocycles. The first-order valence-electron chi connectivity index (χ1n) is 3.69. The van der Waals surface area contributed by atoms with Crippen LogP contribution in [0.4, 0.5) is 8.78 Å². The second-order valence-electron chi connectivity index (χ2n) is 2.39. The Balaban J connectivity index is 3.00. The molecule has 3 nitrogen and oxygen atoms in total. The molecule has 0 amide bonds. The van der Waals surface area contributed by atoms with Gasteiger partial charge >= 0.3 is 6.61 Å². The van der Waals surface area contributed by atoms with Gasteiger partial charge in [-0.2, -0.15) is 14.0 Å². The molecule has 0 atom stereocenters. The van der Waals surface area contributed by atoms with Gasteiger partial charge in [0.1, 0.15) is 11.5 Å². The Labute approximate surface area is 79.5 Å². The van der Waals surface area contributed by atoms with Crippen LogP contribution in [-0.4, -0.2) is 13.7 Å². The number of ether oxygens (including phenoxy) is 2. The number of methoxy groups -OCH3 is 1. The third-order valence-electron chi connectivity index (χ3n) is 1.47. The van der Waals surface area contributed by atoms with Crippen LogP contribution in [0.2, 0.25) is 0 Å². The van der Waals surface area contributed by atoms with Gasteiger partial charge in [0.2, 0.25) is 0 Å². The lowest BCUT2D eigenvalue weighted by Gasteiger charge is -2.06. The van der Waals surface area contributed by atoms with Crippen LogP contribution in [0.25, 0.3) is 0 Å². The van der Waals surface area contributed by atoms with Gasteiger partial charge in [0.15, 0.2) is 0 Å². The lowest BCUT2D eigenvalue weighted by atomic mass is 10.2. The molecule has 1 aromatic rings. The average molecular weight is 199 g/mol. The van der Waals surface area contributed by atoms with E-state index in [4.69, 9.17) is 10.00 Å². The monoisotopic (exact) mass is 199 g/mol. The van der Waals surface area contributed by atoms with E-state index in [0.717, 1.165) is 0 Å². The van der Waals surface area contributed by atoms with E-state index in [1.54, 1.807) is 0 Å².